The maximum Gasteiger partial charge on any atom is 0.252 e. The third-order valence-corrected chi connectivity index (χ3v) is 3.53. The van der Waals surface area contributed by atoms with Crippen LogP contribution in [-0.2, 0) is 0 Å². The number of carbonyl (C=O) groups is 1. The molecule has 0 aromatic heterocycles. The van der Waals surface area contributed by atoms with Crippen molar-refractivity contribution < 1.29 is 4.79 Å². The SMILES string of the molecule is CN(C)c1ccc(C2NC(=O)c3ccccc32)cc1. The Morgan fingerprint density at radius 2 is 1.68 bits per heavy atom. The molecule has 1 heterocycles. The van der Waals surface area contributed by atoms with E-state index in [4.69, 9.17) is 0 Å². The number of carbonyl (C=O) groups excluding carboxylic acids is 1. The second kappa shape index (κ2) is 4.43. The van der Waals surface area contributed by atoms with Gasteiger partial charge >= 0.3 is 0 Å². The highest BCUT2D eigenvalue weighted by atomic mass is 16.2. The van der Waals surface area contributed by atoms with Gasteiger partial charge in [0.2, 0.25) is 0 Å². The van der Waals surface area contributed by atoms with Gasteiger partial charge in [-0.15, -0.1) is 0 Å². The molecule has 1 N–H and O–H groups in total. The molecule has 1 amide bonds. The van der Waals surface area contributed by atoms with Crippen molar-refractivity contribution in [1.29, 1.82) is 0 Å². The van der Waals surface area contributed by atoms with E-state index in [-0.39, 0.29) is 11.9 Å². The molecule has 0 bridgehead atoms. The van der Waals surface area contributed by atoms with Crippen LogP contribution in [0.3, 0.4) is 0 Å². The lowest BCUT2D eigenvalue weighted by atomic mass is 9.98. The van der Waals surface area contributed by atoms with Gasteiger partial charge in [-0.3, -0.25) is 4.79 Å². The summed E-state index contributed by atoms with van der Waals surface area (Å²) in [4.78, 5) is 14.0. The Bertz CT molecular complexity index is 617. The van der Waals surface area contributed by atoms with E-state index in [0.29, 0.717) is 0 Å². The van der Waals surface area contributed by atoms with E-state index < -0.39 is 0 Å². The normalized spacial score (nSPS) is 16.9. The molecular formula is C16H16N2O. The highest BCUT2D eigenvalue weighted by molar-refractivity contribution is 5.99. The minimum Gasteiger partial charge on any atom is -0.378 e. The first-order valence-corrected chi connectivity index (χ1v) is 6.34. The van der Waals surface area contributed by atoms with E-state index in [0.717, 1.165) is 22.4 Å². The lowest BCUT2D eigenvalue weighted by molar-refractivity contribution is 0.0960. The fraction of sp³-hybridized carbons (Fsp3) is 0.188. The molecular weight excluding hydrogens is 236 g/mol. The first-order valence-electron chi connectivity index (χ1n) is 6.34. The van der Waals surface area contributed by atoms with Gasteiger partial charge in [0.1, 0.15) is 0 Å². The Balaban J connectivity index is 1.98. The maximum atomic E-state index is 11.9. The van der Waals surface area contributed by atoms with E-state index in [9.17, 15) is 4.79 Å². The third kappa shape index (κ3) is 1.97. The van der Waals surface area contributed by atoms with Crippen LogP contribution in [0.25, 0.3) is 0 Å². The zero-order valence-corrected chi connectivity index (χ0v) is 11.1. The Morgan fingerprint density at radius 3 is 2.37 bits per heavy atom. The number of fused-ring (bicyclic) bond motifs is 1. The van der Waals surface area contributed by atoms with Crippen molar-refractivity contribution >= 4 is 11.6 Å². The summed E-state index contributed by atoms with van der Waals surface area (Å²) in [6, 6.07) is 16.0. The highest BCUT2D eigenvalue weighted by Crippen LogP contribution is 2.31. The second-order valence-electron chi connectivity index (χ2n) is 4.98. The summed E-state index contributed by atoms with van der Waals surface area (Å²) < 4.78 is 0. The summed E-state index contributed by atoms with van der Waals surface area (Å²) in [6.07, 6.45) is 0. The van der Waals surface area contributed by atoms with Gasteiger partial charge in [0, 0.05) is 25.3 Å². The number of hydrogen-bond acceptors (Lipinski definition) is 2. The number of hydrogen-bond donors (Lipinski definition) is 1. The molecule has 0 fully saturated rings. The first kappa shape index (κ1) is 11.8. The van der Waals surface area contributed by atoms with Gasteiger partial charge in [-0.25, -0.2) is 0 Å². The summed E-state index contributed by atoms with van der Waals surface area (Å²) in [5, 5.41) is 3.03. The summed E-state index contributed by atoms with van der Waals surface area (Å²) >= 11 is 0. The van der Waals surface area contributed by atoms with Crippen molar-refractivity contribution in [3.8, 4) is 0 Å². The van der Waals surface area contributed by atoms with E-state index >= 15 is 0 Å². The molecule has 19 heavy (non-hydrogen) atoms. The molecule has 3 heteroatoms. The molecule has 0 radical (unpaired) electrons. The van der Waals surface area contributed by atoms with Gasteiger partial charge in [0.05, 0.1) is 6.04 Å². The summed E-state index contributed by atoms with van der Waals surface area (Å²) in [5.41, 5.74) is 4.11. The molecule has 2 aromatic rings. The summed E-state index contributed by atoms with van der Waals surface area (Å²) in [5.74, 6) is 0.0114. The van der Waals surface area contributed by atoms with Crippen molar-refractivity contribution in [3.05, 3.63) is 65.2 Å². The van der Waals surface area contributed by atoms with Gasteiger partial charge < -0.3 is 10.2 Å². The van der Waals surface area contributed by atoms with Crippen LogP contribution >= 0.6 is 0 Å². The van der Waals surface area contributed by atoms with E-state index in [1.54, 1.807) is 0 Å². The molecule has 2 aromatic carbocycles. The third-order valence-electron chi connectivity index (χ3n) is 3.53. The Kier molecular flexibility index (Phi) is 2.75. The van der Waals surface area contributed by atoms with Crippen LogP contribution in [0.5, 0.6) is 0 Å². The molecule has 3 nitrogen and oxygen atoms in total. The molecule has 0 aliphatic carbocycles. The van der Waals surface area contributed by atoms with Gasteiger partial charge in [0.15, 0.2) is 0 Å². The molecule has 3 rings (SSSR count). The summed E-state index contributed by atoms with van der Waals surface area (Å²) in [7, 11) is 4.03. The van der Waals surface area contributed by atoms with Crippen molar-refractivity contribution in [2.75, 3.05) is 19.0 Å². The predicted octanol–water partition coefficient (Wildman–Crippen LogP) is 2.59. The number of amides is 1. The molecule has 1 aliphatic rings. The Labute approximate surface area is 112 Å². The van der Waals surface area contributed by atoms with Crippen LogP contribution in [0.4, 0.5) is 5.69 Å². The van der Waals surface area contributed by atoms with Gasteiger partial charge in [-0.1, -0.05) is 30.3 Å². The molecule has 0 spiro atoms. The fourth-order valence-corrected chi connectivity index (χ4v) is 2.47. The van der Waals surface area contributed by atoms with Crippen molar-refractivity contribution in [2.45, 2.75) is 6.04 Å². The van der Waals surface area contributed by atoms with Gasteiger partial charge in [-0.2, -0.15) is 0 Å². The highest BCUT2D eigenvalue weighted by Gasteiger charge is 2.28. The van der Waals surface area contributed by atoms with Crippen LogP contribution < -0.4 is 10.2 Å². The zero-order valence-electron chi connectivity index (χ0n) is 11.1. The molecule has 0 saturated carbocycles. The standard InChI is InChI=1S/C16H16N2O/c1-18(2)12-9-7-11(8-10-12)15-13-5-3-4-6-14(13)16(19)17-15/h3-10,15H,1-2H3,(H,17,19). The minimum atomic E-state index is -0.0279. The first-order chi connectivity index (χ1) is 9.16. The van der Waals surface area contributed by atoms with Crippen LogP contribution in [0.2, 0.25) is 0 Å². The largest absolute Gasteiger partial charge is 0.378 e. The van der Waals surface area contributed by atoms with Gasteiger partial charge in [0.25, 0.3) is 5.91 Å². The van der Waals surface area contributed by atoms with E-state index in [2.05, 4.69) is 34.5 Å². The average Bonchev–Trinajstić information content (AvgIpc) is 2.77. The van der Waals surface area contributed by atoms with Crippen LogP contribution in [0, 0.1) is 0 Å². The number of rotatable bonds is 2. The zero-order chi connectivity index (χ0) is 13.4. The fourth-order valence-electron chi connectivity index (χ4n) is 2.47. The van der Waals surface area contributed by atoms with Crippen LogP contribution in [0.1, 0.15) is 27.5 Å². The summed E-state index contributed by atoms with van der Waals surface area (Å²) in [6.45, 7) is 0. The average molecular weight is 252 g/mol. The topological polar surface area (TPSA) is 32.3 Å². The van der Waals surface area contributed by atoms with E-state index in [1.807, 2.05) is 38.4 Å². The van der Waals surface area contributed by atoms with Crippen LogP contribution in [0.15, 0.2) is 48.5 Å². The predicted molar refractivity (Wildman–Crippen MR) is 76.5 cm³/mol. The van der Waals surface area contributed by atoms with Crippen molar-refractivity contribution in [1.82, 2.24) is 5.32 Å². The minimum absolute atomic E-state index is 0.0114. The number of benzene rings is 2. The van der Waals surface area contributed by atoms with Crippen molar-refractivity contribution in [2.24, 2.45) is 0 Å². The lowest BCUT2D eigenvalue weighted by Crippen LogP contribution is -2.19. The Hall–Kier alpha value is -2.29. The molecule has 1 aliphatic heterocycles. The number of nitrogens with zero attached hydrogens (tertiary/aromatic N) is 1. The quantitative estimate of drug-likeness (QED) is 0.891. The molecule has 96 valence electrons. The number of nitrogens with one attached hydrogen (secondary N) is 1. The smallest absolute Gasteiger partial charge is 0.252 e. The molecule has 1 atom stereocenters. The van der Waals surface area contributed by atoms with Crippen molar-refractivity contribution in [3.63, 3.8) is 0 Å². The molecule has 1 unspecified atom stereocenters. The maximum absolute atomic E-state index is 11.9. The van der Waals surface area contributed by atoms with Gasteiger partial charge in [-0.05, 0) is 29.3 Å². The van der Waals surface area contributed by atoms with E-state index in [1.165, 1.54) is 0 Å². The number of anilines is 1. The second-order valence-corrected chi connectivity index (χ2v) is 4.98. The monoisotopic (exact) mass is 252 g/mol. The lowest BCUT2D eigenvalue weighted by Gasteiger charge is -2.16. The Morgan fingerprint density at radius 1 is 1.00 bits per heavy atom. The molecule has 0 saturated heterocycles. The van der Waals surface area contributed by atoms with Crippen LogP contribution in [-0.4, -0.2) is 20.0 Å².